The molecule has 3 fully saturated rings. The second-order valence-electron chi connectivity index (χ2n) is 14.6. The van der Waals surface area contributed by atoms with E-state index in [1.165, 1.54) is 5.57 Å². The van der Waals surface area contributed by atoms with Crippen LogP contribution in [0.1, 0.15) is 54.4 Å². The third-order valence-electron chi connectivity index (χ3n) is 9.67. The van der Waals surface area contributed by atoms with Crippen molar-refractivity contribution in [2.24, 2.45) is 10.9 Å². The molecule has 2 aromatic heterocycles. The van der Waals surface area contributed by atoms with Crippen LogP contribution >= 0.6 is 0 Å². The molecule has 3 aliphatic heterocycles. The van der Waals surface area contributed by atoms with Crippen molar-refractivity contribution in [3.05, 3.63) is 82.5 Å². The van der Waals surface area contributed by atoms with E-state index in [-0.39, 0.29) is 11.3 Å². The molecular weight excluding hydrogens is 630 g/mol. The number of hydrogen-bond donors (Lipinski definition) is 3. The van der Waals surface area contributed by atoms with Gasteiger partial charge in [0, 0.05) is 99.6 Å². The molecule has 1 aliphatic carbocycles. The first-order valence-electron chi connectivity index (χ1n) is 17.8. The van der Waals surface area contributed by atoms with Crippen LogP contribution in [0.2, 0.25) is 0 Å². The summed E-state index contributed by atoms with van der Waals surface area (Å²) in [7, 11) is 0. The van der Waals surface area contributed by atoms with E-state index >= 15 is 0 Å². The topological polar surface area (TPSA) is 121 Å². The molecule has 2 saturated heterocycles. The maximum Gasteiger partial charge on any atom is 0.257 e. The van der Waals surface area contributed by atoms with Gasteiger partial charge in [0.1, 0.15) is 5.82 Å². The number of anilines is 3. The molecule has 1 saturated carbocycles. The van der Waals surface area contributed by atoms with Gasteiger partial charge in [0.05, 0.1) is 37.7 Å². The molecule has 1 atom stereocenters. The Morgan fingerprint density at radius 1 is 0.980 bits per heavy atom. The highest BCUT2D eigenvalue weighted by Crippen LogP contribution is 2.41. The minimum absolute atomic E-state index is 0.110. The molecule has 0 bridgehead atoms. The molecule has 3 aromatic rings. The number of aryl methyl sites for hydroxylation is 1. The summed E-state index contributed by atoms with van der Waals surface area (Å²) in [5.74, 6) is 1.71. The van der Waals surface area contributed by atoms with Gasteiger partial charge in [0.15, 0.2) is 5.82 Å². The van der Waals surface area contributed by atoms with Gasteiger partial charge in [-0.05, 0) is 53.7 Å². The molecule has 264 valence electrons. The second-order valence-corrected chi connectivity index (χ2v) is 14.6. The smallest absolute Gasteiger partial charge is 0.257 e. The minimum atomic E-state index is -0.200. The Labute approximate surface area is 294 Å². The number of nitrogens with zero attached hydrogens (tertiary/aromatic N) is 6. The van der Waals surface area contributed by atoms with Crippen molar-refractivity contribution in [2.45, 2.75) is 46.1 Å². The lowest BCUT2D eigenvalue weighted by atomic mass is 9.87. The van der Waals surface area contributed by atoms with Gasteiger partial charge in [0.2, 0.25) is 0 Å². The Kier molecular flexibility index (Phi) is 10.1. The van der Waals surface area contributed by atoms with E-state index in [0.29, 0.717) is 23.7 Å². The number of ether oxygens (including phenoxy) is 2. The summed E-state index contributed by atoms with van der Waals surface area (Å²) in [5, 5.41) is 15.5. The summed E-state index contributed by atoms with van der Waals surface area (Å²) in [6.07, 6.45) is 8.65. The molecule has 0 radical (unpaired) electrons. The zero-order chi connectivity index (χ0) is 34.7. The lowest BCUT2D eigenvalue weighted by Gasteiger charge is -2.26. The second kappa shape index (κ2) is 14.9. The number of nitrogens with one attached hydrogen (secondary N) is 3. The number of rotatable bonds is 11. The van der Waals surface area contributed by atoms with Crippen LogP contribution in [-0.4, -0.2) is 102 Å². The van der Waals surface area contributed by atoms with Crippen LogP contribution in [0.15, 0.2) is 65.1 Å². The van der Waals surface area contributed by atoms with Crippen LogP contribution in [0.4, 0.5) is 17.2 Å². The fourth-order valence-corrected chi connectivity index (χ4v) is 6.42. The largest absolute Gasteiger partial charge is 0.384 e. The van der Waals surface area contributed by atoms with Crippen molar-refractivity contribution < 1.29 is 14.3 Å². The molecule has 4 aliphatic rings. The van der Waals surface area contributed by atoms with E-state index in [1.54, 1.807) is 6.20 Å². The normalized spacial score (nSPS) is 19.8. The molecule has 12 nitrogen and oxygen atoms in total. The van der Waals surface area contributed by atoms with Crippen LogP contribution in [0.3, 0.4) is 0 Å². The third-order valence-corrected chi connectivity index (χ3v) is 9.67. The van der Waals surface area contributed by atoms with Gasteiger partial charge in [-0.25, -0.2) is 4.99 Å². The van der Waals surface area contributed by atoms with E-state index in [2.05, 4.69) is 76.8 Å². The molecule has 12 heteroatoms. The number of aromatic nitrogens is 3. The first-order valence-corrected chi connectivity index (χ1v) is 17.8. The Morgan fingerprint density at radius 2 is 1.74 bits per heavy atom. The van der Waals surface area contributed by atoms with Crippen LogP contribution in [-0.2, 0) is 21.4 Å². The van der Waals surface area contributed by atoms with Gasteiger partial charge < -0.3 is 25.4 Å². The SMILES string of the molecule is Cc1ccc(NC(=O)c2cncc(C(C)(C)C)c2)cc1Nc1cc(CN2CCOCC2)nn1C1=CC(NCCN2CCOCC2)=C2CC2C=N1. The maximum atomic E-state index is 13.3. The number of carbonyl (C=O) groups is 1. The van der Waals surface area contributed by atoms with Crippen molar-refractivity contribution in [2.75, 3.05) is 76.3 Å². The van der Waals surface area contributed by atoms with Crippen molar-refractivity contribution in [3.8, 4) is 0 Å². The summed E-state index contributed by atoms with van der Waals surface area (Å²) in [5.41, 5.74) is 7.49. The Morgan fingerprint density at radius 3 is 2.50 bits per heavy atom. The predicted octanol–water partition coefficient (Wildman–Crippen LogP) is 4.79. The average Bonchev–Trinajstić information content (AvgIpc) is 3.82. The number of benzene rings is 1. The zero-order valence-corrected chi connectivity index (χ0v) is 29.7. The lowest BCUT2D eigenvalue weighted by molar-refractivity contribution is 0.0336. The van der Waals surface area contributed by atoms with Crippen LogP contribution in [0.5, 0.6) is 0 Å². The van der Waals surface area contributed by atoms with Crippen LogP contribution in [0, 0.1) is 12.8 Å². The minimum Gasteiger partial charge on any atom is -0.384 e. The number of allylic oxidation sites excluding steroid dienone is 2. The van der Waals surface area contributed by atoms with Gasteiger partial charge in [-0.15, -0.1) is 0 Å². The molecule has 1 unspecified atom stereocenters. The Balaban J connectivity index is 1.13. The highest BCUT2D eigenvalue weighted by atomic mass is 16.5. The molecule has 3 N–H and O–H groups in total. The molecule has 1 amide bonds. The van der Waals surface area contributed by atoms with E-state index < -0.39 is 0 Å². The number of amides is 1. The average molecular weight is 680 g/mol. The molecule has 50 heavy (non-hydrogen) atoms. The fraction of sp³-hybridized carbons (Fsp3) is 0.474. The van der Waals surface area contributed by atoms with Crippen molar-refractivity contribution in [1.29, 1.82) is 0 Å². The van der Waals surface area contributed by atoms with E-state index in [9.17, 15) is 4.79 Å². The van der Waals surface area contributed by atoms with Crippen LogP contribution in [0.25, 0.3) is 5.82 Å². The fourth-order valence-electron chi connectivity index (χ4n) is 6.42. The number of pyridine rings is 1. The first kappa shape index (κ1) is 34.1. The van der Waals surface area contributed by atoms with Crippen LogP contribution < -0.4 is 16.0 Å². The molecule has 1 aromatic carbocycles. The summed E-state index contributed by atoms with van der Waals surface area (Å²) in [6.45, 7) is 17.7. The Bertz CT molecular complexity index is 1790. The van der Waals surface area contributed by atoms with Crippen molar-refractivity contribution >= 4 is 35.1 Å². The van der Waals surface area contributed by atoms with Gasteiger partial charge >= 0.3 is 0 Å². The van der Waals surface area contributed by atoms with E-state index in [0.717, 1.165) is 112 Å². The first-order chi connectivity index (χ1) is 24.2. The quantitative estimate of drug-likeness (QED) is 0.263. The van der Waals surface area contributed by atoms with Gasteiger partial charge in [-0.2, -0.15) is 9.78 Å². The number of hydrogen-bond acceptors (Lipinski definition) is 10. The molecular formula is C38H49N9O3. The monoisotopic (exact) mass is 679 g/mol. The van der Waals surface area contributed by atoms with Gasteiger partial charge in [-0.3, -0.25) is 19.6 Å². The van der Waals surface area contributed by atoms with Gasteiger partial charge in [-0.1, -0.05) is 26.8 Å². The lowest BCUT2D eigenvalue weighted by Crippen LogP contribution is -2.40. The van der Waals surface area contributed by atoms with Crippen molar-refractivity contribution in [3.63, 3.8) is 0 Å². The number of fused-ring (bicyclic) bond motifs is 1. The standard InChI is InChI=1S/C38H49N9O3/c1-26-5-6-30(42-37(48)28-17-29(24-39-22-28)38(2,3)4)19-33(26)43-36-20-31(25-46-11-15-50-16-12-46)44-47(36)35-21-34(32-18-27(32)23-41-35)40-7-8-45-9-13-49-14-10-45/h5-6,17,19-24,27,40,43H,7-16,18,25H2,1-4H3,(H,42,48). The predicted molar refractivity (Wildman–Crippen MR) is 197 cm³/mol. The summed E-state index contributed by atoms with van der Waals surface area (Å²) in [4.78, 5) is 27.4. The zero-order valence-electron chi connectivity index (χ0n) is 29.7. The summed E-state index contributed by atoms with van der Waals surface area (Å²) in [6, 6.07) is 9.91. The highest BCUT2D eigenvalue weighted by molar-refractivity contribution is 6.04. The van der Waals surface area contributed by atoms with Crippen molar-refractivity contribution in [1.82, 2.24) is 29.9 Å². The van der Waals surface area contributed by atoms with E-state index in [1.807, 2.05) is 35.1 Å². The number of morpholine rings is 2. The molecule has 5 heterocycles. The number of carbonyl (C=O) groups excluding carboxylic acids is 1. The Hall–Kier alpha value is -4.36. The molecule has 7 rings (SSSR count). The highest BCUT2D eigenvalue weighted by Gasteiger charge is 2.33. The summed E-state index contributed by atoms with van der Waals surface area (Å²) >= 11 is 0. The molecule has 0 spiro atoms. The number of aliphatic imine (C=N–C) groups is 1. The van der Waals surface area contributed by atoms with Gasteiger partial charge in [0.25, 0.3) is 5.91 Å². The van der Waals surface area contributed by atoms with E-state index in [4.69, 9.17) is 19.6 Å². The summed E-state index contributed by atoms with van der Waals surface area (Å²) < 4.78 is 13.0. The third kappa shape index (κ3) is 8.32. The maximum absolute atomic E-state index is 13.3.